The lowest BCUT2D eigenvalue weighted by atomic mass is 10.2. The number of carbonyl (C=O) groups is 2. The van der Waals surface area contributed by atoms with Gasteiger partial charge in [-0.15, -0.1) is 0 Å². The number of carboxylic acid groups (broad SMARTS) is 1. The van der Waals surface area contributed by atoms with Crippen molar-refractivity contribution in [3.05, 3.63) is 28.8 Å². The molecule has 1 rings (SSSR count). The number of sulfonamides is 1. The molecule has 0 fully saturated rings. The number of hydrogen-bond acceptors (Lipinski definition) is 4. The standard InChI is InChI=1S/C13H17ClN2O5S/c1-3-16(4-2)22(20,21)8-12(17)15-9-5-6-10(13(18)19)11(14)7-9/h5-7H,3-4,8H2,1-2H3,(H,15,17)(H,18,19). The van der Waals surface area contributed by atoms with Crippen molar-refractivity contribution < 1.29 is 23.1 Å². The molecule has 0 radical (unpaired) electrons. The first kappa shape index (κ1) is 18.4. The van der Waals surface area contributed by atoms with Crippen molar-refractivity contribution in [3.8, 4) is 0 Å². The van der Waals surface area contributed by atoms with Crippen LogP contribution in [-0.2, 0) is 14.8 Å². The van der Waals surface area contributed by atoms with E-state index in [1.807, 2.05) is 0 Å². The summed E-state index contributed by atoms with van der Waals surface area (Å²) in [6, 6.07) is 3.84. The molecule has 7 nitrogen and oxygen atoms in total. The van der Waals surface area contributed by atoms with E-state index in [2.05, 4.69) is 5.32 Å². The van der Waals surface area contributed by atoms with Gasteiger partial charge in [0.2, 0.25) is 15.9 Å². The molecule has 0 saturated heterocycles. The monoisotopic (exact) mass is 348 g/mol. The van der Waals surface area contributed by atoms with Crippen molar-refractivity contribution in [2.75, 3.05) is 24.2 Å². The molecule has 0 aromatic heterocycles. The van der Waals surface area contributed by atoms with Gasteiger partial charge in [0, 0.05) is 18.8 Å². The molecule has 1 aromatic carbocycles. The van der Waals surface area contributed by atoms with Gasteiger partial charge in [-0.3, -0.25) is 4.79 Å². The number of carbonyl (C=O) groups excluding carboxylic acids is 1. The maximum absolute atomic E-state index is 12.0. The molecule has 0 heterocycles. The Morgan fingerprint density at radius 3 is 2.32 bits per heavy atom. The van der Waals surface area contributed by atoms with E-state index in [4.69, 9.17) is 16.7 Å². The summed E-state index contributed by atoms with van der Waals surface area (Å²) in [6.07, 6.45) is 0. The van der Waals surface area contributed by atoms with Crippen LogP contribution in [0, 0.1) is 0 Å². The molecule has 9 heteroatoms. The molecular formula is C13H17ClN2O5S. The summed E-state index contributed by atoms with van der Waals surface area (Å²) in [6.45, 7) is 3.93. The molecule has 1 aromatic rings. The summed E-state index contributed by atoms with van der Waals surface area (Å²) in [5, 5.41) is 11.2. The Labute approximate surface area is 133 Å². The van der Waals surface area contributed by atoms with Crippen LogP contribution in [0.25, 0.3) is 0 Å². The summed E-state index contributed by atoms with van der Waals surface area (Å²) in [5.74, 6) is -2.59. The Bertz CT molecular complexity index is 671. The lowest BCUT2D eigenvalue weighted by molar-refractivity contribution is -0.113. The van der Waals surface area contributed by atoms with Gasteiger partial charge in [-0.05, 0) is 18.2 Å². The van der Waals surface area contributed by atoms with Gasteiger partial charge < -0.3 is 10.4 Å². The minimum atomic E-state index is -3.68. The number of nitrogens with zero attached hydrogens (tertiary/aromatic N) is 1. The fourth-order valence-corrected chi connectivity index (χ4v) is 3.47. The first-order valence-electron chi connectivity index (χ1n) is 6.51. The zero-order valence-corrected chi connectivity index (χ0v) is 13.7. The second-order valence-electron chi connectivity index (χ2n) is 4.39. The zero-order chi connectivity index (χ0) is 16.9. The Morgan fingerprint density at radius 2 is 1.86 bits per heavy atom. The highest BCUT2D eigenvalue weighted by atomic mass is 35.5. The predicted octanol–water partition coefficient (Wildman–Crippen LogP) is 1.65. The SMILES string of the molecule is CCN(CC)S(=O)(=O)CC(=O)Nc1ccc(C(=O)O)c(Cl)c1. The normalized spacial score (nSPS) is 11.5. The van der Waals surface area contributed by atoms with Gasteiger partial charge in [-0.25, -0.2) is 17.5 Å². The molecule has 1 amide bonds. The number of hydrogen-bond donors (Lipinski definition) is 2. The molecule has 0 atom stereocenters. The molecule has 122 valence electrons. The van der Waals surface area contributed by atoms with Crippen LogP contribution in [-0.4, -0.2) is 48.5 Å². The Kier molecular flexibility index (Phi) is 6.34. The first-order valence-corrected chi connectivity index (χ1v) is 8.50. The Hall–Kier alpha value is -1.64. The van der Waals surface area contributed by atoms with Crippen molar-refractivity contribution in [1.82, 2.24) is 4.31 Å². The summed E-state index contributed by atoms with van der Waals surface area (Å²) in [5.41, 5.74) is 0.130. The molecule has 0 aliphatic rings. The molecule has 0 aliphatic carbocycles. The average Bonchev–Trinajstić information content (AvgIpc) is 2.38. The fraction of sp³-hybridized carbons (Fsp3) is 0.385. The van der Waals surface area contributed by atoms with Crippen LogP contribution >= 0.6 is 11.6 Å². The quantitative estimate of drug-likeness (QED) is 0.779. The van der Waals surface area contributed by atoms with Crippen molar-refractivity contribution in [2.24, 2.45) is 0 Å². The first-order chi connectivity index (χ1) is 10.2. The highest BCUT2D eigenvalue weighted by molar-refractivity contribution is 7.89. The van der Waals surface area contributed by atoms with Crippen LogP contribution < -0.4 is 5.32 Å². The molecule has 0 saturated carbocycles. The number of benzene rings is 1. The van der Waals surface area contributed by atoms with E-state index in [1.165, 1.54) is 22.5 Å². The maximum Gasteiger partial charge on any atom is 0.337 e. The maximum atomic E-state index is 12.0. The molecule has 0 spiro atoms. The number of amides is 1. The molecule has 0 unspecified atom stereocenters. The van der Waals surface area contributed by atoms with E-state index in [9.17, 15) is 18.0 Å². The lowest BCUT2D eigenvalue weighted by Crippen LogP contribution is -2.36. The van der Waals surface area contributed by atoms with Crippen LogP contribution in [0.1, 0.15) is 24.2 Å². The van der Waals surface area contributed by atoms with Crippen molar-refractivity contribution in [1.29, 1.82) is 0 Å². The van der Waals surface area contributed by atoms with Crippen LogP contribution in [0.4, 0.5) is 5.69 Å². The highest BCUT2D eigenvalue weighted by Gasteiger charge is 2.23. The third kappa shape index (κ3) is 4.69. The van der Waals surface area contributed by atoms with Crippen LogP contribution in [0.5, 0.6) is 0 Å². The van der Waals surface area contributed by atoms with E-state index in [0.29, 0.717) is 0 Å². The number of nitrogens with one attached hydrogen (secondary N) is 1. The zero-order valence-electron chi connectivity index (χ0n) is 12.2. The summed E-state index contributed by atoms with van der Waals surface area (Å²) in [4.78, 5) is 22.6. The van der Waals surface area contributed by atoms with E-state index >= 15 is 0 Å². The van der Waals surface area contributed by atoms with Crippen LogP contribution in [0.2, 0.25) is 5.02 Å². The van der Waals surface area contributed by atoms with Gasteiger partial charge in [0.05, 0.1) is 10.6 Å². The van der Waals surface area contributed by atoms with E-state index in [-0.39, 0.29) is 29.4 Å². The number of rotatable bonds is 7. The Balaban J connectivity index is 2.82. The summed E-state index contributed by atoms with van der Waals surface area (Å²) in [7, 11) is -3.68. The topological polar surface area (TPSA) is 104 Å². The number of aromatic carboxylic acids is 1. The summed E-state index contributed by atoms with van der Waals surface area (Å²) < 4.78 is 25.1. The van der Waals surface area contributed by atoms with Crippen LogP contribution in [0.3, 0.4) is 0 Å². The van der Waals surface area contributed by atoms with Crippen molar-refractivity contribution in [3.63, 3.8) is 0 Å². The molecule has 0 aliphatic heterocycles. The minimum Gasteiger partial charge on any atom is -0.478 e. The molecule has 2 N–H and O–H groups in total. The average molecular weight is 349 g/mol. The van der Waals surface area contributed by atoms with Crippen LogP contribution in [0.15, 0.2) is 18.2 Å². The summed E-state index contributed by atoms with van der Waals surface area (Å²) >= 11 is 5.78. The van der Waals surface area contributed by atoms with Crippen molar-refractivity contribution >= 4 is 39.2 Å². The van der Waals surface area contributed by atoms with E-state index in [0.717, 1.165) is 0 Å². The smallest absolute Gasteiger partial charge is 0.337 e. The fourth-order valence-electron chi connectivity index (χ4n) is 1.84. The predicted molar refractivity (Wildman–Crippen MR) is 83.7 cm³/mol. The second-order valence-corrected chi connectivity index (χ2v) is 6.76. The number of carboxylic acids is 1. The molecular weight excluding hydrogens is 332 g/mol. The number of anilines is 1. The van der Waals surface area contributed by atoms with Crippen molar-refractivity contribution in [2.45, 2.75) is 13.8 Å². The van der Waals surface area contributed by atoms with Gasteiger partial charge in [0.25, 0.3) is 0 Å². The largest absolute Gasteiger partial charge is 0.478 e. The van der Waals surface area contributed by atoms with Gasteiger partial charge in [0.15, 0.2) is 0 Å². The van der Waals surface area contributed by atoms with Gasteiger partial charge in [-0.1, -0.05) is 25.4 Å². The van der Waals surface area contributed by atoms with E-state index in [1.54, 1.807) is 13.8 Å². The van der Waals surface area contributed by atoms with E-state index < -0.39 is 27.7 Å². The Morgan fingerprint density at radius 1 is 1.27 bits per heavy atom. The molecule has 22 heavy (non-hydrogen) atoms. The minimum absolute atomic E-state index is 0.0445. The molecule has 0 bridgehead atoms. The third-order valence-electron chi connectivity index (χ3n) is 2.90. The third-order valence-corrected chi connectivity index (χ3v) is 5.14. The lowest BCUT2D eigenvalue weighted by Gasteiger charge is -2.18. The van der Waals surface area contributed by atoms with Gasteiger partial charge in [0.1, 0.15) is 5.75 Å². The number of halogens is 1. The van der Waals surface area contributed by atoms with Gasteiger partial charge >= 0.3 is 5.97 Å². The highest BCUT2D eigenvalue weighted by Crippen LogP contribution is 2.21. The van der Waals surface area contributed by atoms with Gasteiger partial charge in [-0.2, -0.15) is 0 Å². The second kappa shape index (κ2) is 7.57.